The molecule has 2 aliphatic heterocycles. The van der Waals surface area contributed by atoms with Gasteiger partial charge >= 0.3 is 0 Å². The second-order valence-electron chi connectivity index (χ2n) is 9.04. The largest absolute Gasteiger partial charge is 0.330 e. The van der Waals surface area contributed by atoms with Crippen molar-refractivity contribution in [3.05, 3.63) is 94.0 Å². The van der Waals surface area contributed by atoms with Crippen LogP contribution in [0.25, 0.3) is 0 Å². The lowest BCUT2D eigenvalue weighted by Gasteiger charge is -2.26. The molecule has 5 nitrogen and oxygen atoms in total. The third-order valence-corrected chi connectivity index (χ3v) is 6.91. The maximum atomic E-state index is 13.7. The average molecular weight is 461 g/mol. The van der Waals surface area contributed by atoms with Gasteiger partial charge in [-0.15, -0.1) is 0 Å². The predicted molar refractivity (Wildman–Crippen MR) is 130 cm³/mol. The summed E-state index contributed by atoms with van der Waals surface area (Å²) in [5.41, 5.74) is 4.81. The molecule has 1 aromatic heterocycles. The van der Waals surface area contributed by atoms with Gasteiger partial charge in [0.15, 0.2) is 0 Å². The number of amides is 1. The van der Waals surface area contributed by atoms with E-state index in [-0.39, 0.29) is 11.9 Å². The Balaban J connectivity index is 1.36. The Bertz CT molecular complexity index is 1130. The van der Waals surface area contributed by atoms with E-state index in [2.05, 4.69) is 16.0 Å². The van der Waals surface area contributed by atoms with Gasteiger partial charge in [0.25, 0.3) is 5.91 Å². The first-order valence-electron chi connectivity index (χ1n) is 11.8. The summed E-state index contributed by atoms with van der Waals surface area (Å²) >= 11 is 6.14. The first kappa shape index (κ1) is 22.1. The van der Waals surface area contributed by atoms with E-state index >= 15 is 0 Å². The molecule has 2 fully saturated rings. The van der Waals surface area contributed by atoms with Crippen LogP contribution in [-0.4, -0.2) is 45.3 Å². The molecule has 2 aromatic carbocycles. The van der Waals surface area contributed by atoms with E-state index in [1.54, 1.807) is 6.20 Å². The van der Waals surface area contributed by atoms with Crippen molar-refractivity contribution in [3.63, 3.8) is 0 Å². The van der Waals surface area contributed by atoms with E-state index < -0.39 is 0 Å². The average Bonchev–Trinajstić information content (AvgIpc) is 3.52. The van der Waals surface area contributed by atoms with Crippen LogP contribution in [0.3, 0.4) is 0 Å². The molecular formula is C27H29ClN4O. The lowest BCUT2D eigenvalue weighted by Crippen LogP contribution is -2.32. The van der Waals surface area contributed by atoms with Crippen LogP contribution < -0.4 is 0 Å². The molecule has 2 saturated heterocycles. The number of benzene rings is 2. The summed E-state index contributed by atoms with van der Waals surface area (Å²) in [7, 11) is 0. The van der Waals surface area contributed by atoms with Gasteiger partial charge in [-0.05, 0) is 68.1 Å². The van der Waals surface area contributed by atoms with Crippen molar-refractivity contribution >= 4 is 17.5 Å². The molecule has 1 amide bonds. The molecule has 0 N–H and O–H groups in total. The second-order valence-corrected chi connectivity index (χ2v) is 9.48. The highest BCUT2D eigenvalue weighted by Gasteiger charge is 2.33. The highest BCUT2D eigenvalue weighted by Crippen LogP contribution is 2.33. The first-order valence-corrected chi connectivity index (χ1v) is 12.2. The van der Waals surface area contributed by atoms with Crippen LogP contribution in [0, 0.1) is 0 Å². The fraction of sp³-hybridized carbons (Fsp3) is 0.370. The van der Waals surface area contributed by atoms with Crippen molar-refractivity contribution < 1.29 is 4.79 Å². The van der Waals surface area contributed by atoms with Gasteiger partial charge in [-0.1, -0.05) is 41.9 Å². The summed E-state index contributed by atoms with van der Waals surface area (Å²) in [6.45, 7) is 3.82. The van der Waals surface area contributed by atoms with Gasteiger partial charge in [0.05, 0.1) is 23.6 Å². The third-order valence-electron chi connectivity index (χ3n) is 6.67. The van der Waals surface area contributed by atoms with E-state index in [0.29, 0.717) is 6.42 Å². The number of nitrogens with zero attached hydrogens (tertiary/aromatic N) is 4. The summed E-state index contributed by atoms with van der Waals surface area (Å²) < 4.78 is 0. The van der Waals surface area contributed by atoms with E-state index in [0.717, 1.165) is 72.1 Å². The van der Waals surface area contributed by atoms with Crippen LogP contribution in [0.2, 0.25) is 5.02 Å². The fourth-order valence-electron chi connectivity index (χ4n) is 5.05. The molecule has 0 unspecified atom stereocenters. The monoisotopic (exact) mass is 460 g/mol. The number of halogens is 1. The molecule has 2 aliphatic rings. The van der Waals surface area contributed by atoms with Crippen LogP contribution in [0.4, 0.5) is 0 Å². The number of hydrogen-bond donors (Lipinski definition) is 0. The number of aromatic nitrogens is 2. The summed E-state index contributed by atoms with van der Waals surface area (Å²) in [6.07, 6.45) is 8.66. The third kappa shape index (κ3) is 5.10. The minimum Gasteiger partial charge on any atom is -0.330 e. The minimum atomic E-state index is -0.0378. The minimum absolute atomic E-state index is 0.0378. The predicted octanol–water partition coefficient (Wildman–Crippen LogP) is 5.29. The number of likely N-dealkylation sites (tertiary alicyclic amines) is 2. The summed E-state index contributed by atoms with van der Waals surface area (Å²) in [4.78, 5) is 27.5. The zero-order chi connectivity index (χ0) is 22.6. The molecule has 3 aromatic rings. The number of carbonyl (C=O) groups is 1. The van der Waals surface area contributed by atoms with Crippen molar-refractivity contribution in [2.45, 2.75) is 44.7 Å². The lowest BCUT2D eigenvalue weighted by molar-refractivity contribution is 0.0730. The van der Waals surface area contributed by atoms with E-state index in [4.69, 9.17) is 16.6 Å². The number of hydrogen-bond acceptors (Lipinski definition) is 4. The van der Waals surface area contributed by atoms with Crippen LogP contribution in [0.5, 0.6) is 0 Å². The number of carbonyl (C=O) groups excluding carboxylic acids is 1. The van der Waals surface area contributed by atoms with Crippen LogP contribution >= 0.6 is 11.6 Å². The molecule has 0 bridgehead atoms. The molecule has 5 rings (SSSR count). The van der Waals surface area contributed by atoms with Crippen molar-refractivity contribution in [1.29, 1.82) is 0 Å². The van der Waals surface area contributed by atoms with Gasteiger partial charge in [0, 0.05) is 36.3 Å². The van der Waals surface area contributed by atoms with Crippen molar-refractivity contribution in [1.82, 2.24) is 19.8 Å². The van der Waals surface area contributed by atoms with E-state index in [1.807, 2.05) is 53.6 Å². The van der Waals surface area contributed by atoms with Crippen molar-refractivity contribution in [3.8, 4) is 0 Å². The Kier molecular flexibility index (Phi) is 6.70. The number of rotatable bonds is 6. The fourth-order valence-corrected chi connectivity index (χ4v) is 5.26. The normalized spacial score (nSPS) is 18.7. The standard InChI is InChI=1S/C27H29ClN4O/c28-22-9-5-7-20(15-22)16-23-17-29-18-25(30-23)26-11-6-14-32(26)27(33)24-10-2-1-8-21(24)19-31-12-3-4-13-31/h1-2,5,7-10,15,17-18,26H,3-4,6,11-14,16,19H2/t26-/m1/s1. The highest BCUT2D eigenvalue weighted by atomic mass is 35.5. The Morgan fingerprint density at radius 3 is 2.70 bits per heavy atom. The summed E-state index contributed by atoms with van der Waals surface area (Å²) in [6, 6.07) is 15.9. The van der Waals surface area contributed by atoms with Crippen LogP contribution in [-0.2, 0) is 13.0 Å². The molecule has 33 heavy (non-hydrogen) atoms. The zero-order valence-corrected chi connectivity index (χ0v) is 19.5. The molecular weight excluding hydrogens is 432 g/mol. The molecule has 0 radical (unpaired) electrons. The quantitative estimate of drug-likeness (QED) is 0.501. The maximum absolute atomic E-state index is 13.7. The summed E-state index contributed by atoms with van der Waals surface area (Å²) in [5.74, 6) is 0.106. The maximum Gasteiger partial charge on any atom is 0.254 e. The topological polar surface area (TPSA) is 49.3 Å². The van der Waals surface area contributed by atoms with Crippen molar-refractivity contribution in [2.24, 2.45) is 0 Å². The van der Waals surface area contributed by atoms with Gasteiger partial charge < -0.3 is 4.90 Å². The van der Waals surface area contributed by atoms with Gasteiger partial charge in [0.1, 0.15) is 0 Å². The first-order chi connectivity index (χ1) is 16.2. The molecule has 170 valence electrons. The lowest BCUT2D eigenvalue weighted by atomic mass is 10.0. The van der Waals surface area contributed by atoms with Gasteiger partial charge in [-0.3, -0.25) is 19.7 Å². The van der Waals surface area contributed by atoms with Crippen LogP contribution in [0.15, 0.2) is 60.9 Å². The molecule has 3 heterocycles. The Labute approximate surface area is 200 Å². The molecule has 1 atom stereocenters. The second kappa shape index (κ2) is 10.0. The molecule has 0 aliphatic carbocycles. The zero-order valence-electron chi connectivity index (χ0n) is 18.8. The Hall–Kier alpha value is -2.76. The highest BCUT2D eigenvalue weighted by molar-refractivity contribution is 6.30. The SMILES string of the molecule is O=C(c1ccccc1CN1CCCC1)N1CCC[C@@H]1c1cncc(Cc2cccc(Cl)c2)n1. The van der Waals surface area contributed by atoms with Gasteiger partial charge in [-0.25, -0.2) is 0 Å². The van der Waals surface area contributed by atoms with E-state index in [9.17, 15) is 4.79 Å². The Morgan fingerprint density at radius 2 is 1.85 bits per heavy atom. The molecule has 0 saturated carbocycles. The smallest absolute Gasteiger partial charge is 0.254 e. The molecule has 0 spiro atoms. The van der Waals surface area contributed by atoms with E-state index in [1.165, 1.54) is 12.8 Å². The van der Waals surface area contributed by atoms with Crippen LogP contribution in [0.1, 0.15) is 64.6 Å². The Morgan fingerprint density at radius 1 is 1.00 bits per heavy atom. The van der Waals surface area contributed by atoms with Gasteiger partial charge in [-0.2, -0.15) is 0 Å². The van der Waals surface area contributed by atoms with Gasteiger partial charge in [0.2, 0.25) is 0 Å². The van der Waals surface area contributed by atoms with Crippen molar-refractivity contribution in [2.75, 3.05) is 19.6 Å². The summed E-state index contributed by atoms with van der Waals surface area (Å²) in [5, 5.41) is 0.719. The molecule has 6 heteroatoms.